The SMILES string of the molecule is CCCn1ncnc1C1CCCC1=O. The summed E-state index contributed by atoms with van der Waals surface area (Å²) in [6.07, 6.45) is 5.24. The third-order valence-corrected chi connectivity index (χ3v) is 2.70. The number of carbonyl (C=O) groups is 1. The summed E-state index contributed by atoms with van der Waals surface area (Å²) in [6, 6.07) is 0. The molecule has 76 valence electrons. The monoisotopic (exact) mass is 193 g/mol. The lowest BCUT2D eigenvalue weighted by atomic mass is 10.1. The van der Waals surface area contributed by atoms with Crippen LogP contribution < -0.4 is 0 Å². The molecule has 0 aromatic carbocycles. The first-order valence-electron chi connectivity index (χ1n) is 5.23. The van der Waals surface area contributed by atoms with Crippen LogP contribution in [0, 0.1) is 0 Å². The molecule has 1 saturated carbocycles. The maximum Gasteiger partial charge on any atom is 0.143 e. The van der Waals surface area contributed by atoms with Crippen LogP contribution in [0.25, 0.3) is 0 Å². The highest BCUT2D eigenvalue weighted by Gasteiger charge is 2.29. The average molecular weight is 193 g/mol. The molecule has 0 saturated heterocycles. The quantitative estimate of drug-likeness (QED) is 0.731. The summed E-state index contributed by atoms with van der Waals surface area (Å²) in [7, 11) is 0. The third-order valence-electron chi connectivity index (χ3n) is 2.70. The van der Waals surface area contributed by atoms with Crippen LogP contribution in [0.3, 0.4) is 0 Å². The van der Waals surface area contributed by atoms with E-state index in [-0.39, 0.29) is 5.92 Å². The fourth-order valence-corrected chi connectivity index (χ4v) is 2.02. The van der Waals surface area contributed by atoms with Crippen molar-refractivity contribution in [1.82, 2.24) is 14.8 Å². The molecule has 1 aliphatic carbocycles. The first kappa shape index (κ1) is 9.37. The number of nitrogens with zero attached hydrogens (tertiary/aromatic N) is 3. The molecule has 1 aliphatic rings. The van der Waals surface area contributed by atoms with E-state index >= 15 is 0 Å². The van der Waals surface area contributed by atoms with Gasteiger partial charge in [-0.25, -0.2) is 9.67 Å². The van der Waals surface area contributed by atoms with Crippen molar-refractivity contribution in [3.8, 4) is 0 Å². The molecule has 0 radical (unpaired) electrons. The zero-order valence-corrected chi connectivity index (χ0v) is 8.44. The zero-order chi connectivity index (χ0) is 9.97. The lowest BCUT2D eigenvalue weighted by Crippen LogP contribution is -2.13. The van der Waals surface area contributed by atoms with Crippen LogP contribution in [0.15, 0.2) is 6.33 Å². The lowest BCUT2D eigenvalue weighted by molar-refractivity contribution is -0.118. The van der Waals surface area contributed by atoms with Gasteiger partial charge < -0.3 is 0 Å². The Morgan fingerprint density at radius 1 is 1.64 bits per heavy atom. The Bertz CT molecular complexity index is 332. The van der Waals surface area contributed by atoms with Crippen molar-refractivity contribution in [2.24, 2.45) is 0 Å². The molecule has 0 spiro atoms. The van der Waals surface area contributed by atoms with Gasteiger partial charge in [0.1, 0.15) is 17.9 Å². The topological polar surface area (TPSA) is 47.8 Å². The lowest BCUT2D eigenvalue weighted by Gasteiger charge is -2.08. The number of Topliss-reactive ketones (excluding diaryl/α,β-unsaturated/α-hetero) is 1. The minimum Gasteiger partial charge on any atom is -0.299 e. The van der Waals surface area contributed by atoms with Crippen molar-refractivity contribution in [2.45, 2.75) is 45.1 Å². The first-order chi connectivity index (χ1) is 6.83. The van der Waals surface area contributed by atoms with Gasteiger partial charge in [-0.2, -0.15) is 5.10 Å². The van der Waals surface area contributed by atoms with E-state index in [1.54, 1.807) is 6.33 Å². The van der Waals surface area contributed by atoms with Crippen molar-refractivity contribution in [3.05, 3.63) is 12.2 Å². The normalized spacial score (nSPS) is 21.8. The molecule has 0 N–H and O–H groups in total. The van der Waals surface area contributed by atoms with Crippen molar-refractivity contribution >= 4 is 5.78 Å². The largest absolute Gasteiger partial charge is 0.299 e. The summed E-state index contributed by atoms with van der Waals surface area (Å²) in [6.45, 7) is 2.96. The molecule has 4 heteroatoms. The van der Waals surface area contributed by atoms with Crippen molar-refractivity contribution < 1.29 is 4.79 Å². The first-order valence-corrected chi connectivity index (χ1v) is 5.23. The molecule has 0 aliphatic heterocycles. The van der Waals surface area contributed by atoms with Gasteiger partial charge in [0, 0.05) is 13.0 Å². The van der Waals surface area contributed by atoms with E-state index in [0.717, 1.165) is 31.6 Å². The molecule has 0 amide bonds. The van der Waals surface area contributed by atoms with Crippen molar-refractivity contribution in [1.29, 1.82) is 0 Å². The Kier molecular flexibility index (Phi) is 2.61. The highest BCUT2D eigenvalue weighted by molar-refractivity contribution is 5.86. The highest BCUT2D eigenvalue weighted by atomic mass is 16.1. The molecule has 2 rings (SSSR count). The van der Waals surface area contributed by atoms with Gasteiger partial charge in [-0.3, -0.25) is 4.79 Å². The zero-order valence-electron chi connectivity index (χ0n) is 8.44. The van der Waals surface area contributed by atoms with Gasteiger partial charge in [-0.05, 0) is 19.3 Å². The average Bonchev–Trinajstić information content (AvgIpc) is 2.74. The van der Waals surface area contributed by atoms with Crippen LogP contribution in [-0.4, -0.2) is 20.5 Å². The minimum atomic E-state index is 0.0176. The van der Waals surface area contributed by atoms with Gasteiger partial charge >= 0.3 is 0 Å². The van der Waals surface area contributed by atoms with Crippen LogP contribution in [0.5, 0.6) is 0 Å². The Balaban J connectivity index is 2.22. The third kappa shape index (κ3) is 1.56. The molecular formula is C10H15N3O. The van der Waals surface area contributed by atoms with Gasteiger partial charge in [-0.1, -0.05) is 6.92 Å². The maximum absolute atomic E-state index is 11.5. The molecule has 1 heterocycles. The van der Waals surface area contributed by atoms with Gasteiger partial charge in [0.25, 0.3) is 0 Å². The van der Waals surface area contributed by atoms with Crippen LogP contribution in [0.2, 0.25) is 0 Å². The Morgan fingerprint density at radius 3 is 3.14 bits per heavy atom. The predicted molar refractivity (Wildman–Crippen MR) is 51.9 cm³/mol. The fraction of sp³-hybridized carbons (Fsp3) is 0.700. The summed E-state index contributed by atoms with van der Waals surface area (Å²) >= 11 is 0. The van der Waals surface area contributed by atoms with Crippen LogP contribution in [0.4, 0.5) is 0 Å². The van der Waals surface area contributed by atoms with Crippen LogP contribution in [0.1, 0.15) is 44.3 Å². The van der Waals surface area contributed by atoms with E-state index in [1.807, 2.05) is 4.68 Å². The Hall–Kier alpha value is -1.19. The molecule has 1 fully saturated rings. The van der Waals surface area contributed by atoms with Gasteiger partial charge in [-0.15, -0.1) is 0 Å². The molecule has 1 unspecified atom stereocenters. The van der Waals surface area contributed by atoms with Crippen LogP contribution in [-0.2, 0) is 11.3 Å². The van der Waals surface area contributed by atoms with Crippen molar-refractivity contribution in [2.75, 3.05) is 0 Å². The molecule has 1 aromatic rings. The number of carbonyl (C=O) groups excluding carboxylic acids is 1. The molecule has 1 atom stereocenters. The number of hydrogen-bond acceptors (Lipinski definition) is 3. The molecular weight excluding hydrogens is 178 g/mol. The molecule has 14 heavy (non-hydrogen) atoms. The number of aromatic nitrogens is 3. The van der Waals surface area contributed by atoms with Crippen LogP contribution >= 0.6 is 0 Å². The van der Waals surface area contributed by atoms with E-state index in [4.69, 9.17) is 0 Å². The summed E-state index contributed by atoms with van der Waals surface area (Å²) < 4.78 is 1.87. The standard InChI is InChI=1S/C10H15N3O/c1-2-6-13-10(11-7-12-13)8-4-3-5-9(8)14/h7-8H,2-6H2,1H3. The second-order valence-electron chi connectivity index (χ2n) is 3.75. The van der Waals surface area contributed by atoms with Gasteiger partial charge in [0.2, 0.25) is 0 Å². The predicted octanol–water partition coefficient (Wildman–Crippen LogP) is 1.52. The maximum atomic E-state index is 11.5. The highest BCUT2D eigenvalue weighted by Crippen LogP contribution is 2.29. The van der Waals surface area contributed by atoms with Gasteiger partial charge in [0.05, 0.1) is 5.92 Å². The minimum absolute atomic E-state index is 0.0176. The van der Waals surface area contributed by atoms with E-state index in [1.165, 1.54) is 0 Å². The van der Waals surface area contributed by atoms with E-state index in [2.05, 4.69) is 17.0 Å². The van der Waals surface area contributed by atoms with Gasteiger partial charge in [0.15, 0.2) is 0 Å². The smallest absolute Gasteiger partial charge is 0.143 e. The van der Waals surface area contributed by atoms with E-state index < -0.39 is 0 Å². The van der Waals surface area contributed by atoms with E-state index in [0.29, 0.717) is 12.2 Å². The second kappa shape index (κ2) is 3.90. The number of hydrogen-bond donors (Lipinski definition) is 0. The molecule has 4 nitrogen and oxygen atoms in total. The summed E-state index contributed by atoms with van der Waals surface area (Å²) in [5.41, 5.74) is 0. The number of aryl methyl sites for hydroxylation is 1. The molecule has 1 aromatic heterocycles. The Labute approximate surface area is 83.3 Å². The van der Waals surface area contributed by atoms with Crippen molar-refractivity contribution in [3.63, 3.8) is 0 Å². The summed E-state index contributed by atoms with van der Waals surface area (Å²) in [4.78, 5) is 15.7. The number of ketones is 1. The molecule has 0 bridgehead atoms. The summed E-state index contributed by atoms with van der Waals surface area (Å²) in [5.74, 6) is 1.22. The Morgan fingerprint density at radius 2 is 2.50 bits per heavy atom. The number of rotatable bonds is 3. The fourth-order valence-electron chi connectivity index (χ4n) is 2.02. The van der Waals surface area contributed by atoms with E-state index in [9.17, 15) is 4.79 Å². The summed E-state index contributed by atoms with van der Waals surface area (Å²) in [5, 5.41) is 4.14. The second-order valence-corrected chi connectivity index (χ2v) is 3.75.